The quantitative estimate of drug-likeness (QED) is 0.494. The topological polar surface area (TPSA) is 29.5 Å². The average Bonchev–Trinajstić information content (AvgIpc) is 1.99. The molecule has 0 aromatic heterocycles. The van der Waals surface area contributed by atoms with Crippen molar-refractivity contribution in [1.82, 2.24) is 0 Å². The first-order valence-electron chi connectivity index (χ1n) is 4.15. The third kappa shape index (κ3) is 6.55. The third-order valence-corrected chi connectivity index (χ3v) is 1.75. The summed E-state index contributed by atoms with van der Waals surface area (Å²) in [5.41, 5.74) is 0. The third-order valence-electron chi connectivity index (χ3n) is 1.33. The van der Waals surface area contributed by atoms with Crippen molar-refractivity contribution in [1.29, 1.82) is 0 Å². The van der Waals surface area contributed by atoms with Gasteiger partial charge < -0.3 is 9.84 Å². The molecule has 0 heterocycles. The number of aliphatic hydroxyl groups excluding tert-OH is 1. The zero-order valence-electron chi connectivity index (χ0n) is 7.79. The van der Waals surface area contributed by atoms with Gasteiger partial charge in [-0.1, -0.05) is 20.4 Å². The highest BCUT2D eigenvalue weighted by atomic mass is 32.1. The van der Waals surface area contributed by atoms with E-state index in [1.54, 1.807) is 0 Å². The van der Waals surface area contributed by atoms with E-state index in [1.807, 2.05) is 0 Å². The van der Waals surface area contributed by atoms with E-state index in [-0.39, 0.29) is 0 Å². The summed E-state index contributed by atoms with van der Waals surface area (Å²) in [6, 6.07) is 0. The second-order valence-corrected chi connectivity index (χ2v) is 3.65. The maximum absolute atomic E-state index is 9.10. The summed E-state index contributed by atoms with van der Waals surface area (Å²) in [4.78, 5) is 0. The van der Waals surface area contributed by atoms with E-state index in [9.17, 15) is 0 Å². The average molecular weight is 190 g/mol. The van der Waals surface area contributed by atoms with E-state index >= 15 is 0 Å². The van der Waals surface area contributed by atoms with Crippen molar-refractivity contribution in [2.45, 2.75) is 26.4 Å². The van der Waals surface area contributed by atoms with Gasteiger partial charge in [-0.25, -0.2) is 0 Å². The van der Waals surface area contributed by atoms with Crippen molar-refractivity contribution in [2.24, 2.45) is 5.92 Å². The smallest absolute Gasteiger partial charge is 0.114 e. The molecular weight excluding hydrogens is 172 g/mol. The van der Waals surface area contributed by atoms with Crippen LogP contribution in [0.1, 0.15) is 20.3 Å². The van der Waals surface area contributed by atoms with Crippen LogP contribution in [0.4, 0.5) is 0 Å². The zero-order valence-corrected chi connectivity index (χ0v) is 8.68. The Hall–Kier alpha value is -0.150. The zero-order chi connectivity index (χ0) is 9.56. The molecule has 1 unspecified atom stereocenters. The minimum atomic E-state index is -0.489. The Kier molecular flexibility index (Phi) is 6.30. The van der Waals surface area contributed by atoms with Crippen LogP contribution in [0.3, 0.4) is 0 Å². The van der Waals surface area contributed by atoms with Crippen LogP contribution < -0.4 is 0 Å². The lowest BCUT2D eigenvalue weighted by Gasteiger charge is -2.13. The van der Waals surface area contributed by atoms with Crippen molar-refractivity contribution in [2.75, 3.05) is 12.4 Å². The Morgan fingerprint density at radius 2 is 2.17 bits per heavy atom. The van der Waals surface area contributed by atoms with Gasteiger partial charge in [0.25, 0.3) is 0 Å². The highest BCUT2D eigenvalue weighted by Crippen LogP contribution is 2.09. The number of ether oxygens (including phenoxy) is 1. The first-order chi connectivity index (χ1) is 5.56. The number of hydrogen-bond acceptors (Lipinski definition) is 3. The summed E-state index contributed by atoms with van der Waals surface area (Å²) < 4.78 is 5.21. The van der Waals surface area contributed by atoms with E-state index < -0.39 is 6.10 Å². The van der Waals surface area contributed by atoms with Gasteiger partial charge in [0.05, 0.1) is 11.9 Å². The van der Waals surface area contributed by atoms with E-state index in [4.69, 9.17) is 9.84 Å². The largest absolute Gasteiger partial charge is 0.496 e. The van der Waals surface area contributed by atoms with Gasteiger partial charge in [0.15, 0.2) is 0 Å². The van der Waals surface area contributed by atoms with E-state index in [0.29, 0.717) is 18.3 Å². The molecule has 12 heavy (non-hydrogen) atoms. The summed E-state index contributed by atoms with van der Waals surface area (Å²) in [7, 11) is 0. The number of allylic oxidation sites excluding steroid dienone is 1. The van der Waals surface area contributed by atoms with Gasteiger partial charge in [-0.15, -0.1) is 0 Å². The lowest BCUT2D eigenvalue weighted by atomic mass is 10.1. The highest BCUT2D eigenvalue weighted by Gasteiger charge is 2.04. The maximum Gasteiger partial charge on any atom is 0.114 e. The molecule has 0 aliphatic carbocycles. The summed E-state index contributed by atoms with van der Waals surface area (Å²) in [6.07, 6.45) is 0.358. The number of rotatable bonds is 6. The first-order valence-corrected chi connectivity index (χ1v) is 4.79. The molecule has 0 bridgehead atoms. The molecule has 1 N–H and O–H groups in total. The van der Waals surface area contributed by atoms with Crippen LogP contribution in [0, 0.1) is 5.92 Å². The fraction of sp³-hybridized carbons (Fsp3) is 0.778. The second kappa shape index (κ2) is 6.38. The Morgan fingerprint density at radius 1 is 1.58 bits per heavy atom. The molecule has 3 heteroatoms. The van der Waals surface area contributed by atoms with Crippen LogP contribution in [0.25, 0.3) is 0 Å². The summed E-state index contributed by atoms with van der Waals surface area (Å²) in [5.74, 6) is 1.71. The SMILES string of the molecule is C=C(CC(C)C)OCC(O)CS. The first kappa shape index (κ1) is 11.8. The Balaban J connectivity index is 3.44. The van der Waals surface area contributed by atoms with E-state index in [0.717, 1.165) is 12.2 Å². The van der Waals surface area contributed by atoms with Gasteiger partial charge in [0.2, 0.25) is 0 Å². The van der Waals surface area contributed by atoms with Gasteiger partial charge in [-0.3, -0.25) is 0 Å². The lowest BCUT2D eigenvalue weighted by Crippen LogP contribution is -2.16. The predicted octanol–water partition coefficient (Wildman–Crippen LogP) is 1.85. The van der Waals surface area contributed by atoms with Crippen molar-refractivity contribution in [3.63, 3.8) is 0 Å². The second-order valence-electron chi connectivity index (χ2n) is 3.28. The van der Waals surface area contributed by atoms with Crippen LogP contribution in [-0.2, 0) is 4.74 Å². The fourth-order valence-electron chi connectivity index (χ4n) is 0.781. The van der Waals surface area contributed by atoms with E-state index in [2.05, 4.69) is 33.1 Å². The van der Waals surface area contributed by atoms with Crippen LogP contribution in [0.2, 0.25) is 0 Å². The predicted molar refractivity (Wildman–Crippen MR) is 54.4 cm³/mol. The van der Waals surface area contributed by atoms with Crippen molar-refractivity contribution in [3.05, 3.63) is 12.3 Å². The van der Waals surface area contributed by atoms with Gasteiger partial charge >= 0.3 is 0 Å². The summed E-state index contributed by atoms with van der Waals surface area (Å²) in [5, 5.41) is 9.10. The van der Waals surface area contributed by atoms with Gasteiger partial charge in [0, 0.05) is 12.2 Å². The van der Waals surface area contributed by atoms with Crippen molar-refractivity contribution >= 4 is 12.6 Å². The molecule has 72 valence electrons. The molecule has 0 aliphatic rings. The van der Waals surface area contributed by atoms with Crippen molar-refractivity contribution in [3.8, 4) is 0 Å². The van der Waals surface area contributed by atoms with E-state index in [1.165, 1.54) is 0 Å². The Morgan fingerprint density at radius 3 is 2.58 bits per heavy atom. The van der Waals surface area contributed by atoms with Crippen LogP contribution in [-0.4, -0.2) is 23.6 Å². The summed E-state index contributed by atoms with van der Waals surface area (Å²) >= 11 is 3.93. The molecule has 0 saturated heterocycles. The molecule has 0 amide bonds. The fourth-order valence-corrected chi connectivity index (χ4v) is 0.886. The molecule has 0 aromatic carbocycles. The normalized spacial score (nSPS) is 13.1. The maximum atomic E-state index is 9.10. The number of hydrogen-bond donors (Lipinski definition) is 2. The Bertz CT molecular complexity index is 134. The molecule has 0 aliphatic heterocycles. The molecule has 0 rings (SSSR count). The molecule has 0 aromatic rings. The van der Waals surface area contributed by atoms with Crippen LogP contribution >= 0.6 is 12.6 Å². The highest BCUT2D eigenvalue weighted by molar-refractivity contribution is 7.80. The number of thiol groups is 1. The molecule has 0 radical (unpaired) electrons. The van der Waals surface area contributed by atoms with Gasteiger partial charge in [-0.05, 0) is 5.92 Å². The summed E-state index contributed by atoms with van der Waals surface area (Å²) in [6.45, 7) is 8.25. The molecule has 2 nitrogen and oxygen atoms in total. The van der Waals surface area contributed by atoms with Gasteiger partial charge in [-0.2, -0.15) is 12.6 Å². The van der Waals surface area contributed by atoms with Crippen molar-refractivity contribution < 1.29 is 9.84 Å². The molecule has 0 fully saturated rings. The lowest BCUT2D eigenvalue weighted by molar-refractivity contribution is 0.0818. The number of aliphatic hydroxyl groups is 1. The molecule has 1 atom stereocenters. The van der Waals surface area contributed by atoms with Crippen LogP contribution in [0.15, 0.2) is 12.3 Å². The molecular formula is C9H18O2S. The minimum Gasteiger partial charge on any atom is -0.496 e. The molecule has 0 spiro atoms. The monoisotopic (exact) mass is 190 g/mol. The Labute approximate surface area is 80.0 Å². The minimum absolute atomic E-state index is 0.301. The van der Waals surface area contributed by atoms with Crippen LogP contribution in [0.5, 0.6) is 0 Å². The molecule has 0 saturated carbocycles. The standard InChI is InChI=1S/C9H18O2S/c1-7(2)4-8(3)11-5-9(10)6-12/h7,9-10,12H,3-6H2,1-2H3. The van der Waals surface area contributed by atoms with Gasteiger partial charge in [0.1, 0.15) is 6.61 Å².